The molecule has 0 amide bonds. The van der Waals surface area contributed by atoms with E-state index in [-0.39, 0.29) is 5.69 Å². The van der Waals surface area contributed by atoms with Gasteiger partial charge in [0.15, 0.2) is 0 Å². The molecule has 1 heterocycles. The molecule has 3 rings (SSSR count). The highest BCUT2D eigenvalue weighted by Crippen LogP contribution is 2.33. The summed E-state index contributed by atoms with van der Waals surface area (Å²) < 4.78 is 7.89. The number of hydrogen-bond acceptors (Lipinski definition) is 5. The van der Waals surface area contributed by atoms with Gasteiger partial charge in [0, 0.05) is 25.2 Å². The molecule has 2 aromatic carbocycles. The van der Waals surface area contributed by atoms with Gasteiger partial charge in [0.1, 0.15) is 17.0 Å². The van der Waals surface area contributed by atoms with Crippen LogP contribution in [0.15, 0.2) is 40.9 Å². The second kappa shape index (κ2) is 5.13. The maximum Gasteiger partial charge on any atom is 0.270 e. The minimum Gasteiger partial charge on any atom is -0.456 e. The fraction of sp³-hybridized carbons (Fsp3) is 0.0769. The monoisotopic (exact) mass is 348 g/mol. The zero-order chi connectivity index (χ0) is 15.0. The number of benzene rings is 2. The topological polar surface area (TPSA) is 83.1 Å². The maximum atomic E-state index is 10.7. The van der Waals surface area contributed by atoms with E-state index in [4.69, 9.17) is 4.74 Å². The molecule has 0 saturated heterocycles. The molecule has 0 aliphatic carbocycles. The molecule has 0 N–H and O–H groups in total. The molecular formula is C13H9BrN4O3. The summed E-state index contributed by atoms with van der Waals surface area (Å²) in [4.78, 5) is 10.2. The van der Waals surface area contributed by atoms with Crippen molar-refractivity contribution in [3.63, 3.8) is 0 Å². The van der Waals surface area contributed by atoms with Gasteiger partial charge >= 0.3 is 0 Å². The predicted molar refractivity (Wildman–Crippen MR) is 79.4 cm³/mol. The number of nitro groups is 1. The van der Waals surface area contributed by atoms with Gasteiger partial charge in [0.25, 0.3) is 5.69 Å². The first-order valence-electron chi connectivity index (χ1n) is 5.96. The molecule has 0 bridgehead atoms. The molecule has 3 aromatic rings. The van der Waals surface area contributed by atoms with E-state index in [9.17, 15) is 10.1 Å². The molecule has 8 heteroatoms. The zero-order valence-corrected chi connectivity index (χ0v) is 12.4. The second-order valence-electron chi connectivity index (χ2n) is 4.34. The Hall–Kier alpha value is -2.48. The van der Waals surface area contributed by atoms with Gasteiger partial charge in [0.2, 0.25) is 0 Å². The van der Waals surface area contributed by atoms with Gasteiger partial charge in [0.05, 0.1) is 14.9 Å². The summed E-state index contributed by atoms with van der Waals surface area (Å²) in [5.74, 6) is 1.07. The van der Waals surface area contributed by atoms with Crippen molar-refractivity contribution in [2.75, 3.05) is 0 Å². The summed E-state index contributed by atoms with van der Waals surface area (Å²) in [5, 5.41) is 18.6. The third-order valence-corrected chi connectivity index (χ3v) is 3.56. The van der Waals surface area contributed by atoms with Crippen LogP contribution >= 0.6 is 15.9 Å². The molecule has 0 spiro atoms. The van der Waals surface area contributed by atoms with Gasteiger partial charge in [-0.1, -0.05) is 5.21 Å². The van der Waals surface area contributed by atoms with Crippen LogP contribution in [-0.2, 0) is 7.05 Å². The van der Waals surface area contributed by atoms with E-state index in [1.807, 2.05) is 13.1 Å². The Morgan fingerprint density at radius 1 is 1.29 bits per heavy atom. The minimum atomic E-state index is -0.458. The Labute approximate surface area is 127 Å². The summed E-state index contributed by atoms with van der Waals surface area (Å²) in [7, 11) is 1.81. The lowest BCUT2D eigenvalue weighted by Gasteiger charge is -2.07. The van der Waals surface area contributed by atoms with Crippen LogP contribution in [0.3, 0.4) is 0 Å². The van der Waals surface area contributed by atoms with Crippen LogP contribution in [-0.4, -0.2) is 19.9 Å². The number of nitrogens with zero attached hydrogens (tertiary/aromatic N) is 4. The van der Waals surface area contributed by atoms with Gasteiger partial charge in [-0.05, 0) is 34.1 Å². The lowest BCUT2D eigenvalue weighted by Crippen LogP contribution is -1.91. The van der Waals surface area contributed by atoms with E-state index in [2.05, 4.69) is 26.2 Å². The molecule has 7 nitrogen and oxygen atoms in total. The number of hydrogen-bond donors (Lipinski definition) is 0. The Morgan fingerprint density at radius 3 is 2.81 bits per heavy atom. The van der Waals surface area contributed by atoms with E-state index in [1.54, 1.807) is 22.9 Å². The van der Waals surface area contributed by atoms with Crippen molar-refractivity contribution in [2.45, 2.75) is 0 Å². The van der Waals surface area contributed by atoms with Crippen LogP contribution < -0.4 is 4.74 Å². The van der Waals surface area contributed by atoms with Crippen molar-refractivity contribution in [2.24, 2.45) is 7.05 Å². The summed E-state index contributed by atoms with van der Waals surface area (Å²) in [5.41, 5.74) is 1.61. The number of aromatic nitrogens is 3. The number of halogens is 1. The Kier molecular flexibility index (Phi) is 3.30. The van der Waals surface area contributed by atoms with Crippen LogP contribution in [0, 0.1) is 10.1 Å². The van der Waals surface area contributed by atoms with Gasteiger partial charge < -0.3 is 4.74 Å². The van der Waals surface area contributed by atoms with E-state index in [0.29, 0.717) is 21.5 Å². The Bertz CT molecular complexity index is 847. The van der Waals surface area contributed by atoms with Crippen molar-refractivity contribution in [3.8, 4) is 11.5 Å². The highest BCUT2D eigenvalue weighted by atomic mass is 79.9. The highest BCUT2D eigenvalue weighted by molar-refractivity contribution is 9.10. The van der Waals surface area contributed by atoms with Gasteiger partial charge in [-0.25, -0.2) is 4.68 Å². The first kappa shape index (κ1) is 13.5. The number of fused-ring (bicyclic) bond motifs is 1. The standard InChI is InChI=1S/C13H9BrN4O3/c1-17-12-4-3-9(7-11(12)15-16-17)21-13-5-2-8(18(19)20)6-10(13)14/h2-7H,1H3. The fourth-order valence-corrected chi connectivity index (χ4v) is 2.34. The first-order valence-corrected chi connectivity index (χ1v) is 6.75. The molecule has 106 valence electrons. The molecule has 0 atom stereocenters. The Morgan fingerprint density at radius 2 is 2.10 bits per heavy atom. The Balaban J connectivity index is 1.92. The van der Waals surface area contributed by atoms with E-state index < -0.39 is 4.92 Å². The predicted octanol–water partition coefficient (Wildman–Crippen LogP) is 3.43. The van der Waals surface area contributed by atoms with Gasteiger partial charge in [-0.15, -0.1) is 5.10 Å². The van der Waals surface area contributed by atoms with Gasteiger partial charge in [-0.2, -0.15) is 0 Å². The molecule has 0 aliphatic heterocycles. The summed E-state index contributed by atoms with van der Waals surface area (Å²) in [6.45, 7) is 0. The van der Waals surface area contributed by atoms with Crippen LogP contribution in [0.5, 0.6) is 11.5 Å². The molecule has 1 aromatic heterocycles. The van der Waals surface area contributed by atoms with E-state index in [0.717, 1.165) is 5.52 Å². The average molecular weight is 349 g/mol. The van der Waals surface area contributed by atoms with E-state index in [1.165, 1.54) is 12.1 Å². The molecular weight excluding hydrogens is 340 g/mol. The van der Waals surface area contributed by atoms with Crippen molar-refractivity contribution in [1.29, 1.82) is 0 Å². The summed E-state index contributed by atoms with van der Waals surface area (Å²) in [6, 6.07) is 9.74. The van der Waals surface area contributed by atoms with Crippen LogP contribution in [0.4, 0.5) is 5.69 Å². The molecule has 0 unspecified atom stereocenters. The lowest BCUT2D eigenvalue weighted by atomic mass is 10.3. The van der Waals surface area contributed by atoms with Crippen LogP contribution in [0.2, 0.25) is 0 Å². The van der Waals surface area contributed by atoms with Crippen LogP contribution in [0.1, 0.15) is 0 Å². The number of rotatable bonds is 3. The third-order valence-electron chi connectivity index (χ3n) is 2.94. The SMILES string of the molecule is Cn1nnc2cc(Oc3ccc([N+](=O)[O-])cc3Br)ccc21. The normalized spacial score (nSPS) is 10.8. The van der Waals surface area contributed by atoms with Crippen molar-refractivity contribution >= 4 is 32.7 Å². The second-order valence-corrected chi connectivity index (χ2v) is 5.19. The third kappa shape index (κ3) is 2.57. The lowest BCUT2D eigenvalue weighted by molar-refractivity contribution is -0.384. The number of aryl methyl sites for hydroxylation is 1. The minimum absolute atomic E-state index is 0.00129. The molecule has 21 heavy (non-hydrogen) atoms. The number of nitro benzene ring substituents is 1. The smallest absolute Gasteiger partial charge is 0.270 e. The van der Waals surface area contributed by atoms with Crippen LogP contribution in [0.25, 0.3) is 11.0 Å². The first-order chi connectivity index (χ1) is 10.0. The summed E-state index contributed by atoms with van der Waals surface area (Å²) >= 11 is 3.27. The fourth-order valence-electron chi connectivity index (χ4n) is 1.90. The van der Waals surface area contributed by atoms with Crippen molar-refractivity contribution < 1.29 is 9.66 Å². The van der Waals surface area contributed by atoms with Crippen molar-refractivity contribution in [3.05, 3.63) is 51.0 Å². The van der Waals surface area contributed by atoms with Crippen molar-refractivity contribution in [1.82, 2.24) is 15.0 Å². The zero-order valence-electron chi connectivity index (χ0n) is 10.9. The number of non-ortho nitro benzene ring substituents is 1. The maximum absolute atomic E-state index is 10.7. The average Bonchev–Trinajstić information content (AvgIpc) is 2.82. The molecule has 0 aliphatic rings. The summed E-state index contributed by atoms with van der Waals surface area (Å²) in [6.07, 6.45) is 0. The quantitative estimate of drug-likeness (QED) is 0.534. The number of ether oxygens (including phenoxy) is 1. The molecule has 0 radical (unpaired) electrons. The highest BCUT2D eigenvalue weighted by Gasteiger charge is 2.11. The van der Waals surface area contributed by atoms with E-state index >= 15 is 0 Å². The molecule has 0 saturated carbocycles. The molecule has 0 fully saturated rings. The largest absolute Gasteiger partial charge is 0.456 e. The van der Waals surface area contributed by atoms with Gasteiger partial charge in [-0.3, -0.25) is 10.1 Å².